The summed E-state index contributed by atoms with van der Waals surface area (Å²) in [7, 11) is -4.79. The van der Waals surface area contributed by atoms with Gasteiger partial charge in [0.1, 0.15) is 12.7 Å². The molecule has 0 fully saturated rings. The molecule has 2 N–H and O–H groups in total. The third-order valence-corrected chi connectivity index (χ3v) is 12.9. The number of allylic oxidation sites excluding steroid dienone is 26. The van der Waals surface area contributed by atoms with Gasteiger partial charge in [-0.25, -0.2) is 4.57 Å². The lowest BCUT2D eigenvalue weighted by Gasteiger charge is -2.21. The molecule has 0 saturated heterocycles. The number of hydrogen-bond acceptors (Lipinski definition) is 10. The number of phosphoric ester groups is 1. The van der Waals surface area contributed by atoms with Gasteiger partial charge >= 0.3 is 25.7 Å². The monoisotopic (exact) mass is 1130 g/mol. The van der Waals surface area contributed by atoms with Crippen LogP contribution < -0.4 is 0 Å². The molecular weight excluding hydrogens is 1020 g/mol. The Balaban J connectivity index is 4.87. The van der Waals surface area contributed by atoms with E-state index in [1.54, 1.807) is 0 Å². The van der Waals surface area contributed by atoms with Gasteiger partial charge < -0.3 is 24.2 Å². The molecule has 0 rings (SSSR count). The number of ether oxygens (including phenoxy) is 3. The van der Waals surface area contributed by atoms with Gasteiger partial charge in [0.25, 0.3) is 0 Å². The first-order valence-corrected chi connectivity index (χ1v) is 31.9. The van der Waals surface area contributed by atoms with Crippen molar-refractivity contribution in [1.29, 1.82) is 0 Å². The summed E-state index contributed by atoms with van der Waals surface area (Å²) in [5.74, 6) is -1.58. The molecule has 0 bridgehead atoms. The molecule has 3 unspecified atom stereocenters. The highest BCUT2D eigenvalue weighted by Crippen LogP contribution is 2.43. The fraction of sp³-hybridized carbons (Fsp3) is 0.574. The van der Waals surface area contributed by atoms with Crippen molar-refractivity contribution in [3.05, 3.63) is 158 Å². The topological polar surface area (TPSA) is 155 Å². The first-order chi connectivity index (χ1) is 39.2. The van der Waals surface area contributed by atoms with Crippen molar-refractivity contribution >= 4 is 25.7 Å². The molecule has 0 radical (unpaired) electrons. The van der Waals surface area contributed by atoms with E-state index in [9.17, 15) is 28.9 Å². The predicted molar refractivity (Wildman–Crippen MR) is 334 cm³/mol. The Morgan fingerprint density at radius 1 is 0.350 bits per heavy atom. The van der Waals surface area contributed by atoms with Crippen LogP contribution in [0.25, 0.3) is 0 Å². The fourth-order valence-corrected chi connectivity index (χ4v) is 8.21. The molecule has 0 aromatic rings. The second kappa shape index (κ2) is 60.2. The first kappa shape index (κ1) is 75.1. The number of aliphatic hydroxyl groups is 1. The maximum Gasteiger partial charge on any atom is 0.472 e. The van der Waals surface area contributed by atoms with Crippen molar-refractivity contribution in [1.82, 2.24) is 0 Å². The van der Waals surface area contributed by atoms with Gasteiger partial charge in [-0.15, -0.1) is 0 Å². The number of carbonyl (C=O) groups excluding carboxylic acids is 3. The van der Waals surface area contributed by atoms with E-state index in [0.29, 0.717) is 19.3 Å². The summed E-state index contributed by atoms with van der Waals surface area (Å²) in [5, 5.41) is 9.84. The van der Waals surface area contributed by atoms with E-state index in [-0.39, 0.29) is 25.9 Å². The van der Waals surface area contributed by atoms with Crippen molar-refractivity contribution in [2.45, 2.75) is 226 Å². The van der Waals surface area contributed by atoms with Crippen LogP contribution in [0.15, 0.2) is 158 Å². The number of phosphoric acid groups is 1. The summed E-state index contributed by atoms with van der Waals surface area (Å²) >= 11 is 0. The Morgan fingerprint density at radius 3 is 0.938 bits per heavy atom. The average Bonchev–Trinajstić information content (AvgIpc) is 3.45. The van der Waals surface area contributed by atoms with E-state index >= 15 is 0 Å². The number of hydrogen-bond donors (Lipinski definition) is 2. The highest BCUT2D eigenvalue weighted by molar-refractivity contribution is 7.47. The quantitative estimate of drug-likeness (QED) is 0.0197. The van der Waals surface area contributed by atoms with Crippen molar-refractivity contribution in [3.63, 3.8) is 0 Å². The summed E-state index contributed by atoms with van der Waals surface area (Å²) in [4.78, 5) is 48.7. The normalized spacial score (nSPS) is 14.4. The molecule has 0 amide bonds. The van der Waals surface area contributed by atoms with E-state index < -0.39 is 57.8 Å². The maximum atomic E-state index is 12.9. The van der Waals surface area contributed by atoms with Crippen LogP contribution in [0.2, 0.25) is 0 Å². The second-order valence-corrected chi connectivity index (χ2v) is 20.8. The van der Waals surface area contributed by atoms with Crippen molar-refractivity contribution in [2.24, 2.45) is 0 Å². The molecule has 3 atom stereocenters. The largest absolute Gasteiger partial charge is 0.472 e. The Bertz CT molecular complexity index is 1950. The third kappa shape index (κ3) is 57.8. The van der Waals surface area contributed by atoms with Crippen LogP contribution in [0.5, 0.6) is 0 Å². The SMILES string of the molecule is CC/C=C\C/C=C\C/C=C\C/C=C\C/C=C\CCCCCC(=O)OC(COC(=O)CCCCCC/C=C\C/C=C\C/C=C\C/C=C\CC)COP(=O)(O)OCC(CO)OC(=O)CCCCCC/C=C\C/C=C\C/C=C\C/C=C\CC. The standard InChI is InChI=1S/C68H107O11P/c1-4-7-10-13-16-19-22-25-28-31-32-35-38-41-44-47-50-53-56-59-68(72)79-65(61-75-66(70)57-54-51-48-45-42-39-36-33-29-26-23-20-17-14-11-8-5-2)63-77-80(73,74)76-62-64(60-69)78-67(71)58-55-52-49-46-43-40-37-34-30-27-24-21-18-15-12-9-6-3/h7-12,16-21,25-30,32,35-37,39-41,44,64-65,69H,4-6,13-15,22-24,31,33-34,38,42-43,45-63H2,1-3H3,(H,73,74)/b10-7-,11-8-,12-9-,19-16-,20-17-,21-18-,28-25-,29-26-,30-27-,35-32-,39-36-,40-37-,44-41-. The van der Waals surface area contributed by atoms with Crippen molar-refractivity contribution in [2.75, 3.05) is 26.4 Å². The van der Waals surface area contributed by atoms with E-state index in [0.717, 1.165) is 154 Å². The minimum atomic E-state index is -4.79. The van der Waals surface area contributed by atoms with Crippen LogP contribution in [0, 0.1) is 0 Å². The number of rotatable bonds is 54. The zero-order valence-corrected chi connectivity index (χ0v) is 50.6. The van der Waals surface area contributed by atoms with E-state index in [1.165, 1.54) is 0 Å². The smallest absolute Gasteiger partial charge is 0.462 e. The molecule has 0 aromatic carbocycles. The van der Waals surface area contributed by atoms with Gasteiger partial charge in [-0.2, -0.15) is 0 Å². The Morgan fingerprint density at radius 2 is 0.613 bits per heavy atom. The first-order valence-electron chi connectivity index (χ1n) is 30.4. The van der Waals surface area contributed by atoms with Gasteiger partial charge in [0.15, 0.2) is 6.10 Å². The van der Waals surface area contributed by atoms with Crippen LogP contribution >= 0.6 is 7.82 Å². The van der Waals surface area contributed by atoms with Crippen molar-refractivity contribution < 1.29 is 52.2 Å². The minimum absolute atomic E-state index is 0.111. The van der Waals surface area contributed by atoms with Gasteiger partial charge in [-0.05, 0) is 141 Å². The second-order valence-electron chi connectivity index (χ2n) is 19.4. The highest BCUT2D eigenvalue weighted by atomic mass is 31.2. The molecule has 0 aliphatic heterocycles. The Kier molecular flexibility index (Phi) is 56.5. The lowest BCUT2D eigenvalue weighted by atomic mass is 10.1. The van der Waals surface area contributed by atoms with Gasteiger partial charge in [-0.1, -0.05) is 211 Å². The Labute approximate surface area is 485 Å². The lowest BCUT2D eigenvalue weighted by Crippen LogP contribution is -2.30. The number of carbonyl (C=O) groups is 3. The van der Waals surface area contributed by atoms with Crippen LogP contribution in [-0.2, 0) is 42.2 Å². The molecule has 0 saturated carbocycles. The zero-order chi connectivity index (χ0) is 58.3. The van der Waals surface area contributed by atoms with E-state index in [1.807, 2.05) is 0 Å². The van der Waals surface area contributed by atoms with E-state index in [4.69, 9.17) is 23.3 Å². The molecule has 450 valence electrons. The number of aliphatic hydroxyl groups excluding tert-OH is 1. The summed E-state index contributed by atoms with van der Waals surface area (Å²) in [6.45, 7) is 4.19. The van der Waals surface area contributed by atoms with Crippen LogP contribution in [0.4, 0.5) is 0 Å². The van der Waals surface area contributed by atoms with E-state index in [2.05, 4.69) is 179 Å². The van der Waals surface area contributed by atoms with Crippen molar-refractivity contribution in [3.8, 4) is 0 Å². The van der Waals surface area contributed by atoms with Gasteiger partial charge in [0.05, 0.1) is 19.8 Å². The number of unbranched alkanes of at least 4 members (excludes halogenated alkanes) is 11. The van der Waals surface area contributed by atoms with Gasteiger partial charge in [0, 0.05) is 19.3 Å². The maximum absolute atomic E-state index is 12.9. The molecule has 80 heavy (non-hydrogen) atoms. The molecule has 0 aliphatic rings. The van der Waals surface area contributed by atoms with Gasteiger partial charge in [-0.3, -0.25) is 23.4 Å². The van der Waals surface area contributed by atoms with Crippen LogP contribution in [-0.4, -0.2) is 66.5 Å². The molecule has 0 aliphatic carbocycles. The molecular formula is C68H107O11P. The lowest BCUT2D eigenvalue weighted by molar-refractivity contribution is -0.161. The summed E-state index contributed by atoms with van der Waals surface area (Å²) in [6.07, 6.45) is 79.1. The summed E-state index contributed by atoms with van der Waals surface area (Å²) in [5.41, 5.74) is 0. The van der Waals surface area contributed by atoms with Crippen LogP contribution in [0.3, 0.4) is 0 Å². The molecule has 0 aromatic heterocycles. The molecule has 11 nitrogen and oxygen atoms in total. The number of esters is 3. The summed E-state index contributed by atoms with van der Waals surface area (Å²) in [6, 6.07) is 0. The van der Waals surface area contributed by atoms with Gasteiger partial charge in [0.2, 0.25) is 0 Å². The predicted octanol–water partition coefficient (Wildman–Crippen LogP) is 18.5. The minimum Gasteiger partial charge on any atom is -0.462 e. The molecule has 0 heterocycles. The zero-order valence-electron chi connectivity index (χ0n) is 49.7. The third-order valence-electron chi connectivity index (χ3n) is 11.9. The summed E-state index contributed by atoms with van der Waals surface area (Å²) < 4.78 is 39.5. The van der Waals surface area contributed by atoms with Crippen LogP contribution in [0.1, 0.15) is 213 Å². The highest BCUT2D eigenvalue weighted by Gasteiger charge is 2.28. The fourth-order valence-electron chi connectivity index (χ4n) is 7.42. The average molecular weight is 1130 g/mol. The molecule has 0 spiro atoms. The molecule has 12 heteroatoms. The Hall–Kier alpha value is -4.90.